The maximum Gasteiger partial charge on any atom is 0.340 e. The van der Waals surface area contributed by atoms with Crippen LogP contribution in [0.5, 0.6) is 0 Å². The Balaban J connectivity index is 1.98. The summed E-state index contributed by atoms with van der Waals surface area (Å²) < 4.78 is 0. The van der Waals surface area contributed by atoms with Gasteiger partial charge in [-0.1, -0.05) is 56.3 Å². The summed E-state index contributed by atoms with van der Waals surface area (Å²) >= 11 is 1.51. The molecule has 2 rings (SSSR count). The smallest absolute Gasteiger partial charge is 0.340 e. The van der Waals surface area contributed by atoms with Crippen LogP contribution in [0.1, 0.15) is 36.8 Å². The summed E-state index contributed by atoms with van der Waals surface area (Å²) in [6.07, 6.45) is 0.206. The van der Waals surface area contributed by atoms with Crippen molar-refractivity contribution in [1.29, 1.82) is 0 Å². The van der Waals surface area contributed by atoms with E-state index in [-0.39, 0.29) is 17.7 Å². The lowest BCUT2D eigenvalue weighted by molar-refractivity contribution is -0.142. The zero-order valence-corrected chi connectivity index (χ0v) is 13.8. The van der Waals surface area contributed by atoms with E-state index in [2.05, 4.69) is 25.9 Å². The summed E-state index contributed by atoms with van der Waals surface area (Å²) in [5.74, 6) is -0.225. The van der Waals surface area contributed by atoms with Gasteiger partial charge in [0.2, 0.25) is 0 Å². The van der Waals surface area contributed by atoms with Crippen molar-refractivity contribution in [3.05, 3.63) is 57.8 Å². The number of amidine groups is 1. The van der Waals surface area contributed by atoms with Gasteiger partial charge < -0.3 is 10.6 Å². The highest BCUT2D eigenvalue weighted by Gasteiger charge is 2.13. The van der Waals surface area contributed by atoms with E-state index in [0.29, 0.717) is 0 Å². The Morgan fingerprint density at radius 2 is 1.91 bits per heavy atom. The molecule has 0 radical (unpaired) electrons. The molecule has 0 saturated carbocycles. The molecular formula is C17H20N2O2S. The summed E-state index contributed by atoms with van der Waals surface area (Å²) in [6, 6.07) is 11.5. The molecule has 0 aliphatic carbocycles. The lowest BCUT2D eigenvalue weighted by atomic mass is 9.87. The standard InChI is InChI=1S/C17H20N2O2S/c1-17(2,3)13-8-6-12(7-9-13)16(18)19-21-15(20)11-14-5-4-10-22-14/h4-10H,11H2,1-3H3,(H2,18,19). The number of carbonyl (C=O) groups is 1. The van der Waals surface area contributed by atoms with Gasteiger partial charge >= 0.3 is 5.97 Å². The van der Waals surface area contributed by atoms with Crippen LogP contribution < -0.4 is 5.73 Å². The van der Waals surface area contributed by atoms with E-state index in [1.165, 1.54) is 16.9 Å². The molecule has 116 valence electrons. The molecule has 2 N–H and O–H groups in total. The summed E-state index contributed by atoms with van der Waals surface area (Å²) in [6.45, 7) is 6.43. The normalized spacial score (nSPS) is 12.2. The molecule has 0 unspecified atom stereocenters. The highest BCUT2D eigenvalue weighted by Crippen LogP contribution is 2.22. The van der Waals surface area contributed by atoms with E-state index < -0.39 is 5.97 Å². The first-order valence-corrected chi connectivity index (χ1v) is 7.91. The summed E-state index contributed by atoms with van der Waals surface area (Å²) in [5.41, 5.74) is 7.87. The number of hydrogen-bond acceptors (Lipinski definition) is 4. The molecule has 0 spiro atoms. The third kappa shape index (κ3) is 4.43. The second kappa shape index (κ2) is 6.75. The number of hydrogen-bond donors (Lipinski definition) is 1. The minimum Gasteiger partial charge on any atom is -0.380 e. The number of nitrogens with zero attached hydrogens (tertiary/aromatic N) is 1. The fourth-order valence-corrected chi connectivity index (χ4v) is 2.57. The van der Waals surface area contributed by atoms with Crippen LogP contribution in [0.25, 0.3) is 0 Å². The monoisotopic (exact) mass is 316 g/mol. The molecular weight excluding hydrogens is 296 g/mol. The number of nitrogens with two attached hydrogens (primary N) is 1. The first kappa shape index (κ1) is 16.2. The predicted molar refractivity (Wildman–Crippen MR) is 90.0 cm³/mol. The average molecular weight is 316 g/mol. The Kier molecular flexibility index (Phi) is 4.98. The van der Waals surface area contributed by atoms with E-state index in [9.17, 15) is 4.79 Å². The van der Waals surface area contributed by atoms with Crippen molar-refractivity contribution in [2.75, 3.05) is 0 Å². The lowest BCUT2D eigenvalue weighted by Gasteiger charge is -2.18. The quantitative estimate of drug-likeness (QED) is 0.407. The van der Waals surface area contributed by atoms with Gasteiger partial charge in [0.1, 0.15) is 0 Å². The second-order valence-electron chi connectivity index (χ2n) is 6.02. The Morgan fingerprint density at radius 1 is 1.23 bits per heavy atom. The van der Waals surface area contributed by atoms with Gasteiger partial charge in [-0.25, -0.2) is 4.79 Å². The molecule has 4 nitrogen and oxygen atoms in total. The number of oxime groups is 1. The molecule has 1 aromatic heterocycles. The van der Waals surface area contributed by atoms with Crippen molar-refractivity contribution in [3.8, 4) is 0 Å². The number of rotatable bonds is 4. The summed E-state index contributed by atoms with van der Waals surface area (Å²) in [5, 5.41) is 5.63. The van der Waals surface area contributed by atoms with Crippen LogP contribution in [-0.4, -0.2) is 11.8 Å². The van der Waals surface area contributed by atoms with Gasteiger partial charge in [-0.3, -0.25) is 0 Å². The van der Waals surface area contributed by atoms with Crippen LogP contribution in [0.2, 0.25) is 0 Å². The van der Waals surface area contributed by atoms with Crippen molar-refractivity contribution >= 4 is 23.1 Å². The van der Waals surface area contributed by atoms with Crippen LogP contribution in [-0.2, 0) is 21.5 Å². The second-order valence-corrected chi connectivity index (χ2v) is 7.06. The molecule has 0 atom stereocenters. The van der Waals surface area contributed by atoms with E-state index >= 15 is 0 Å². The predicted octanol–water partition coefficient (Wildman–Crippen LogP) is 3.45. The fraction of sp³-hybridized carbons (Fsp3) is 0.294. The highest BCUT2D eigenvalue weighted by molar-refractivity contribution is 7.10. The van der Waals surface area contributed by atoms with E-state index in [1.807, 2.05) is 41.8 Å². The van der Waals surface area contributed by atoms with Gasteiger partial charge in [0.15, 0.2) is 5.84 Å². The van der Waals surface area contributed by atoms with E-state index in [0.717, 1.165) is 10.4 Å². The maximum absolute atomic E-state index is 11.7. The third-order valence-corrected chi connectivity index (χ3v) is 4.07. The van der Waals surface area contributed by atoms with Gasteiger partial charge in [0.05, 0.1) is 6.42 Å². The first-order valence-electron chi connectivity index (χ1n) is 7.03. The molecule has 0 saturated heterocycles. The largest absolute Gasteiger partial charge is 0.380 e. The number of carbonyl (C=O) groups excluding carboxylic acids is 1. The maximum atomic E-state index is 11.7. The van der Waals surface area contributed by atoms with Crippen LogP contribution >= 0.6 is 11.3 Å². The fourth-order valence-electron chi connectivity index (χ4n) is 1.88. The Bertz CT molecular complexity index is 653. The van der Waals surface area contributed by atoms with Crippen molar-refractivity contribution in [2.45, 2.75) is 32.6 Å². The van der Waals surface area contributed by atoms with Gasteiger partial charge in [-0.05, 0) is 22.4 Å². The van der Waals surface area contributed by atoms with Crippen molar-refractivity contribution in [3.63, 3.8) is 0 Å². The Morgan fingerprint density at radius 3 is 2.45 bits per heavy atom. The summed E-state index contributed by atoms with van der Waals surface area (Å²) in [7, 11) is 0. The van der Waals surface area contributed by atoms with Gasteiger partial charge in [-0.15, -0.1) is 11.3 Å². The van der Waals surface area contributed by atoms with Crippen LogP contribution in [0, 0.1) is 0 Å². The molecule has 2 aromatic rings. The molecule has 0 amide bonds. The molecule has 0 aliphatic heterocycles. The molecule has 0 fully saturated rings. The van der Waals surface area contributed by atoms with Gasteiger partial charge in [0, 0.05) is 10.4 Å². The zero-order valence-electron chi connectivity index (χ0n) is 13.0. The molecule has 0 bridgehead atoms. The third-order valence-electron chi connectivity index (χ3n) is 3.19. The van der Waals surface area contributed by atoms with Gasteiger partial charge in [-0.2, -0.15) is 0 Å². The van der Waals surface area contributed by atoms with Crippen molar-refractivity contribution in [1.82, 2.24) is 0 Å². The van der Waals surface area contributed by atoms with Crippen LogP contribution in [0.3, 0.4) is 0 Å². The molecule has 22 heavy (non-hydrogen) atoms. The molecule has 5 heteroatoms. The lowest BCUT2D eigenvalue weighted by Crippen LogP contribution is -2.17. The van der Waals surface area contributed by atoms with Gasteiger partial charge in [0.25, 0.3) is 0 Å². The highest BCUT2D eigenvalue weighted by atomic mass is 32.1. The SMILES string of the molecule is CC(C)(C)c1ccc(/C(N)=N/OC(=O)Cc2cccs2)cc1. The molecule has 1 heterocycles. The molecule has 1 aromatic carbocycles. The van der Waals surface area contributed by atoms with E-state index in [4.69, 9.17) is 10.6 Å². The summed E-state index contributed by atoms with van der Waals surface area (Å²) in [4.78, 5) is 17.5. The minimum absolute atomic E-state index is 0.0810. The number of benzene rings is 1. The van der Waals surface area contributed by atoms with Crippen LogP contribution in [0.15, 0.2) is 46.9 Å². The Hall–Kier alpha value is -2.14. The minimum atomic E-state index is -0.420. The number of thiophene rings is 1. The van der Waals surface area contributed by atoms with E-state index in [1.54, 1.807) is 0 Å². The Labute approximate surface area is 134 Å². The topological polar surface area (TPSA) is 64.7 Å². The average Bonchev–Trinajstić information content (AvgIpc) is 2.97. The van der Waals surface area contributed by atoms with Crippen LogP contribution in [0.4, 0.5) is 0 Å². The molecule has 0 aliphatic rings. The first-order chi connectivity index (χ1) is 10.4. The van der Waals surface area contributed by atoms with Crippen molar-refractivity contribution < 1.29 is 9.63 Å². The van der Waals surface area contributed by atoms with Crippen molar-refractivity contribution in [2.24, 2.45) is 10.9 Å². The zero-order chi connectivity index (χ0) is 16.2.